The van der Waals surface area contributed by atoms with Gasteiger partial charge >= 0.3 is 6.03 Å². The van der Waals surface area contributed by atoms with E-state index >= 15 is 0 Å². The molecule has 1 unspecified atom stereocenters. The van der Waals surface area contributed by atoms with E-state index in [0.717, 1.165) is 54.7 Å². The maximum atomic E-state index is 12.6. The van der Waals surface area contributed by atoms with Crippen LogP contribution in [-0.2, 0) is 4.74 Å². The Bertz CT molecular complexity index is 811. The Hall–Kier alpha value is -1.90. The summed E-state index contributed by atoms with van der Waals surface area (Å²) >= 11 is 1.43. The normalized spacial score (nSPS) is 25.8. The molecule has 1 saturated heterocycles. The number of carbonyl (C=O) groups is 1. The molecule has 146 valence electrons. The van der Waals surface area contributed by atoms with Gasteiger partial charge in [-0.3, -0.25) is 10.2 Å². The second-order valence-electron chi connectivity index (χ2n) is 7.17. The minimum Gasteiger partial charge on any atom is -0.495 e. The van der Waals surface area contributed by atoms with Crippen LogP contribution in [0.1, 0.15) is 25.7 Å². The van der Waals surface area contributed by atoms with E-state index < -0.39 is 0 Å². The first-order chi connectivity index (χ1) is 13.2. The van der Waals surface area contributed by atoms with Gasteiger partial charge in [0.15, 0.2) is 5.13 Å². The van der Waals surface area contributed by atoms with Crippen LogP contribution in [0, 0.1) is 0 Å². The number of hydrogen-bond donors (Lipinski definition) is 2. The molecule has 2 fully saturated rings. The topological polar surface area (TPSA) is 75.7 Å². The van der Waals surface area contributed by atoms with Gasteiger partial charge < -0.3 is 14.8 Å². The Labute approximate surface area is 163 Å². The second-order valence-corrected chi connectivity index (χ2v) is 8.17. The molecule has 0 spiro atoms. The van der Waals surface area contributed by atoms with Gasteiger partial charge in [-0.05, 0) is 37.8 Å². The number of methoxy groups -OCH3 is 2. The fraction of sp³-hybridized carbons (Fsp3) is 0.579. The SMILES string of the molecule is COc1cccc2nc(NC(=O)N[C@H]3CCC[C@H]3N3CCC(OC)C3)sc12. The first-order valence-electron chi connectivity index (χ1n) is 9.46. The number of fused-ring (bicyclic) bond motifs is 1. The number of likely N-dealkylation sites (tertiary alicyclic amines) is 1. The van der Waals surface area contributed by atoms with Gasteiger partial charge in [0.25, 0.3) is 0 Å². The number of ether oxygens (including phenoxy) is 2. The Morgan fingerprint density at radius 3 is 2.96 bits per heavy atom. The zero-order valence-electron chi connectivity index (χ0n) is 15.7. The van der Waals surface area contributed by atoms with Crippen molar-refractivity contribution in [2.24, 2.45) is 0 Å². The molecule has 2 heterocycles. The summed E-state index contributed by atoms with van der Waals surface area (Å²) in [6.07, 6.45) is 4.67. The molecule has 1 aliphatic carbocycles. The van der Waals surface area contributed by atoms with Crippen molar-refractivity contribution < 1.29 is 14.3 Å². The summed E-state index contributed by atoms with van der Waals surface area (Å²) in [7, 11) is 3.42. The third-order valence-corrected chi connectivity index (χ3v) is 6.60. The van der Waals surface area contributed by atoms with Gasteiger partial charge in [-0.1, -0.05) is 17.4 Å². The number of aromatic nitrogens is 1. The van der Waals surface area contributed by atoms with Gasteiger partial charge in [-0.2, -0.15) is 0 Å². The summed E-state index contributed by atoms with van der Waals surface area (Å²) in [6.45, 7) is 2.00. The van der Waals surface area contributed by atoms with E-state index in [1.807, 2.05) is 18.2 Å². The van der Waals surface area contributed by atoms with Crippen LogP contribution in [0.3, 0.4) is 0 Å². The largest absolute Gasteiger partial charge is 0.495 e. The molecule has 0 bridgehead atoms. The molecule has 2 amide bonds. The highest BCUT2D eigenvalue weighted by Crippen LogP contribution is 2.33. The van der Waals surface area contributed by atoms with Crippen LogP contribution in [0.5, 0.6) is 5.75 Å². The van der Waals surface area contributed by atoms with E-state index in [1.54, 1.807) is 14.2 Å². The van der Waals surface area contributed by atoms with Crippen molar-refractivity contribution in [3.63, 3.8) is 0 Å². The minimum absolute atomic E-state index is 0.171. The number of amides is 2. The highest BCUT2D eigenvalue weighted by Gasteiger charge is 2.36. The van der Waals surface area contributed by atoms with E-state index in [9.17, 15) is 4.79 Å². The lowest BCUT2D eigenvalue weighted by Crippen LogP contribution is -2.49. The van der Waals surface area contributed by atoms with Crippen LogP contribution in [0.15, 0.2) is 18.2 Å². The fourth-order valence-corrected chi connectivity index (χ4v) is 5.18. The first-order valence-corrected chi connectivity index (χ1v) is 10.3. The van der Waals surface area contributed by atoms with E-state index in [0.29, 0.717) is 17.3 Å². The van der Waals surface area contributed by atoms with Crippen molar-refractivity contribution in [2.75, 3.05) is 32.6 Å². The van der Waals surface area contributed by atoms with E-state index in [1.165, 1.54) is 11.3 Å². The fourth-order valence-electron chi connectivity index (χ4n) is 4.23. The average Bonchev–Trinajstić information content (AvgIpc) is 3.39. The first kappa shape index (κ1) is 18.5. The third-order valence-electron chi connectivity index (χ3n) is 5.59. The molecule has 4 rings (SSSR count). The lowest BCUT2D eigenvalue weighted by atomic mass is 10.1. The smallest absolute Gasteiger partial charge is 0.321 e. The van der Waals surface area contributed by atoms with Gasteiger partial charge in [0.1, 0.15) is 5.75 Å². The van der Waals surface area contributed by atoms with Crippen LogP contribution in [0.2, 0.25) is 0 Å². The molecular formula is C19H26N4O3S. The molecule has 2 N–H and O–H groups in total. The number of nitrogens with zero attached hydrogens (tertiary/aromatic N) is 2. The Morgan fingerprint density at radius 2 is 2.19 bits per heavy atom. The standard InChI is InChI=1S/C19H26N4O3S/c1-25-12-9-10-23(11-12)15-7-3-5-13(15)20-18(24)22-19-21-14-6-4-8-16(26-2)17(14)27-19/h4,6,8,12-13,15H,3,5,7,9-11H2,1-2H3,(H2,20,21,22,24)/t12?,13-,15+/m0/s1. The molecule has 3 atom stereocenters. The van der Waals surface area contributed by atoms with Crippen LogP contribution in [0.25, 0.3) is 10.2 Å². The third kappa shape index (κ3) is 3.88. The predicted molar refractivity (Wildman–Crippen MR) is 107 cm³/mol. The molecule has 1 saturated carbocycles. The van der Waals surface area contributed by atoms with Crippen molar-refractivity contribution in [1.82, 2.24) is 15.2 Å². The number of rotatable bonds is 5. The number of hydrogen-bond acceptors (Lipinski definition) is 6. The zero-order valence-corrected chi connectivity index (χ0v) is 16.6. The monoisotopic (exact) mass is 390 g/mol. The van der Waals surface area contributed by atoms with Crippen LogP contribution in [-0.4, -0.2) is 61.4 Å². The number of carbonyl (C=O) groups excluding carboxylic acids is 1. The van der Waals surface area contributed by atoms with Crippen LogP contribution in [0.4, 0.5) is 9.93 Å². The molecule has 1 aromatic carbocycles. The molecule has 0 radical (unpaired) electrons. The maximum absolute atomic E-state index is 12.6. The summed E-state index contributed by atoms with van der Waals surface area (Å²) < 4.78 is 11.8. The second kappa shape index (κ2) is 8.00. The Kier molecular flexibility index (Phi) is 5.47. The molecule has 2 aliphatic rings. The highest BCUT2D eigenvalue weighted by atomic mass is 32.1. The lowest BCUT2D eigenvalue weighted by Gasteiger charge is -2.29. The van der Waals surface area contributed by atoms with Gasteiger partial charge in [-0.15, -0.1) is 0 Å². The Morgan fingerprint density at radius 1 is 1.30 bits per heavy atom. The number of thiazole rings is 1. The van der Waals surface area contributed by atoms with Gasteiger partial charge in [0.05, 0.1) is 23.4 Å². The molecular weight excluding hydrogens is 364 g/mol. The van der Waals surface area contributed by atoms with E-state index in [4.69, 9.17) is 9.47 Å². The molecule has 1 aromatic heterocycles. The van der Waals surface area contributed by atoms with Crippen molar-refractivity contribution in [3.05, 3.63) is 18.2 Å². The average molecular weight is 391 g/mol. The highest BCUT2D eigenvalue weighted by molar-refractivity contribution is 7.22. The summed E-state index contributed by atoms with van der Waals surface area (Å²) in [5, 5.41) is 6.65. The number of nitrogens with one attached hydrogen (secondary N) is 2. The number of anilines is 1. The summed E-state index contributed by atoms with van der Waals surface area (Å²) in [5.41, 5.74) is 0.830. The number of urea groups is 1. The van der Waals surface area contributed by atoms with Crippen molar-refractivity contribution >= 4 is 32.7 Å². The quantitative estimate of drug-likeness (QED) is 0.821. The Balaban J connectivity index is 1.39. The van der Waals surface area contributed by atoms with Gasteiger partial charge in [0.2, 0.25) is 0 Å². The number of benzene rings is 1. The summed E-state index contributed by atoms with van der Waals surface area (Å²) in [4.78, 5) is 19.5. The molecule has 2 aromatic rings. The minimum atomic E-state index is -0.188. The lowest BCUT2D eigenvalue weighted by molar-refractivity contribution is 0.0985. The predicted octanol–water partition coefficient (Wildman–Crippen LogP) is 3.07. The van der Waals surface area contributed by atoms with Crippen molar-refractivity contribution in [2.45, 2.75) is 43.9 Å². The molecule has 8 heteroatoms. The maximum Gasteiger partial charge on any atom is 0.321 e. The van der Waals surface area contributed by atoms with Gasteiger partial charge in [-0.25, -0.2) is 9.78 Å². The van der Waals surface area contributed by atoms with Crippen LogP contribution >= 0.6 is 11.3 Å². The van der Waals surface area contributed by atoms with Crippen LogP contribution < -0.4 is 15.4 Å². The van der Waals surface area contributed by atoms with E-state index in [2.05, 4.69) is 20.5 Å². The zero-order chi connectivity index (χ0) is 18.8. The summed E-state index contributed by atoms with van der Waals surface area (Å²) in [6, 6.07) is 6.10. The summed E-state index contributed by atoms with van der Waals surface area (Å²) in [5.74, 6) is 0.774. The van der Waals surface area contributed by atoms with E-state index in [-0.39, 0.29) is 12.1 Å². The van der Waals surface area contributed by atoms with Crippen molar-refractivity contribution in [3.8, 4) is 5.75 Å². The van der Waals surface area contributed by atoms with Crippen molar-refractivity contribution in [1.29, 1.82) is 0 Å². The van der Waals surface area contributed by atoms with Gasteiger partial charge in [0, 0.05) is 32.3 Å². The molecule has 1 aliphatic heterocycles. The molecule has 27 heavy (non-hydrogen) atoms. The molecule has 7 nitrogen and oxygen atoms in total.